The largest absolute Gasteiger partial charge is 1.00 e. The molecule has 3 heteroatoms. The first-order valence-corrected chi connectivity index (χ1v) is 10.3. The van der Waals surface area contributed by atoms with Crippen LogP contribution in [0, 0.1) is 6.92 Å². The smallest absolute Gasteiger partial charge is 0.00120 e. The fraction of sp³-hybridized carbons (Fsp3) is 0.138. The molecule has 0 aromatic heterocycles. The molecule has 162 valence electrons. The molecule has 0 spiro atoms. The number of rotatable bonds is 3. The van der Waals surface area contributed by atoms with Gasteiger partial charge in [-0.3, -0.25) is 0 Å². The van der Waals surface area contributed by atoms with Crippen molar-refractivity contribution in [1.29, 1.82) is 0 Å². The summed E-state index contributed by atoms with van der Waals surface area (Å²) in [6, 6.07) is 24.5. The molecule has 4 aromatic carbocycles. The zero-order chi connectivity index (χ0) is 20.0. The Bertz CT molecular complexity index is 1330. The third kappa shape index (κ3) is 4.62. The van der Waals surface area contributed by atoms with Crippen molar-refractivity contribution in [3.05, 3.63) is 113 Å². The number of fused-ring (bicyclic) bond motifs is 3. The fourth-order valence-corrected chi connectivity index (χ4v) is 4.71. The minimum absolute atomic E-state index is 0. The molecule has 1 aliphatic rings. The molecular weight excluding hydrogens is 598 g/mol. The minimum Gasteiger partial charge on any atom is -1.00 e. The number of hydrogen-bond acceptors (Lipinski definition) is 0. The summed E-state index contributed by atoms with van der Waals surface area (Å²) in [6.07, 6.45) is 9.13. The van der Waals surface area contributed by atoms with E-state index in [1.165, 1.54) is 54.9 Å². The van der Waals surface area contributed by atoms with Gasteiger partial charge in [0.15, 0.2) is 0 Å². The zero-order valence-corrected chi connectivity index (χ0v) is 23.6. The SMILES string of the molecule is CC(C)=Cc1cccc(C2=CC=CC2c2cccc3c2[cH-]c2ccccc23)c1C.[Cl-].[Cl-].[Hf]. The van der Waals surface area contributed by atoms with Gasteiger partial charge in [-0.1, -0.05) is 90.0 Å². The van der Waals surface area contributed by atoms with E-state index in [9.17, 15) is 0 Å². The summed E-state index contributed by atoms with van der Waals surface area (Å²) in [4.78, 5) is 0. The molecule has 1 unspecified atom stereocenters. The summed E-state index contributed by atoms with van der Waals surface area (Å²) in [5, 5.41) is 5.39. The van der Waals surface area contributed by atoms with Crippen LogP contribution in [0.5, 0.6) is 0 Å². The monoisotopic (exact) mass is 623 g/mol. The van der Waals surface area contributed by atoms with Crippen LogP contribution in [-0.2, 0) is 25.8 Å². The summed E-state index contributed by atoms with van der Waals surface area (Å²) in [6.45, 7) is 6.57. The van der Waals surface area contributed by atoms with Crippen molar-refractivity contribution in [1.82, 2.24) is 0 Å². The van der Waals surface area contributed by atoms with Gasteiger partial charge in [-0.25, -0.2) is 0 Å². The van der Waals surface area contributed by atoms with E-state index in [0.717, 1.165) is 0 Å². The van der Waals surface area contributed by atoms with Crippen molar-refractivity contribution in [3.63, 3.8) is 0 Å². The predicted octanol–water partition coefficient (Wildman–Crippen LogP) is 2.19. The molecule has 5 rings (SSSR count). The first-order chi connectivity index (χ1) is 14.1. The fourth-order valence-electron chi connectivity index (χ4n) is 4.71. The molecule has 32 heavy (non-hydrogen) atoms. The Balaban J connectivity index is 0.00000121. The molecule has 0 nitrogen and oxygen atoms in total. The van der Waals surface area contributed by atoms with Crippen LogP contribution in [0.4, 0.5) is 0 Å². The molecule has 1 atom stereocenters. The minimum atomic E-state index is 0. The van der Waals surface area contributed by atoms with Gasteiger partial charge >= 0.3 is 0 Å². The van der Waals surface area contributed by atoms with E-state index >= 15 is 0 Å². The Morgan fingerprint density at radius 2 is 1.59 bits per heavy atom. The topological polar surface area (TPSA) is 0 Å². The van der Waals surface area contributed by atoms with E-state index in [2.05, 4.69) is 112 Å². The van der Waals surface area contributed by atoms with Gasteiger partial charge in [0.25, 0.3) is 0 Å². The Morgan fingerprint density at radius 1 is 0.875 bits per heavy atom. The Labute approximate surface area is 222 Å². The van der Waals surface area contributed by atoms with Gasteiger partial charge in [0, 0.05) is 31.8 Å². The Morgan fingerprint density at radius 3 is 2.38 bits per heavy atom. The van der Waals surface area contributed by atoms with Crippen molar-refractivity contribution < 1.29 is 50.7 Å². The van der Waals surface area contributed by atoms with Crippen LogP contribution < -0.4 is 24.8 Å². The molecule has 0 fully saturated rings. The van der Waals surface area contributed by atoms with E-state index in [-0.39, 0.29) is 56.6 Å². The maximum Gasteiger partial charge on any atom is 0.00120 e. The average Bonchev–Trinajstić information content (AvgIpc) is 3.34. The quantitative estimate of drug-likeness (QED) is 0.243. The molecule has 4 aromatic rings. The first kappa shape index (κ1) is 26.5. The van der Waals surface area contributed by atoms with Crippen LogP contribution in [0.25, 0.3) is 33.2 Å². The van der Waals surface area contributed by atoms with Crippen molar-refractivity contribution in [2.24, 2.45) is 0 Å². The van der Waals surface area contributed by atoms with Crippen molar-refractivity contribution in [2.75, 3.05) is 0 Å². The second-order valence-electron chi connectivity index (χ2n) is 8.27. The van der Waals surface area contributed by atoms with Crippen LogP contribution >= 0.6 is 0 Å². The number of allylic oxidation sites excluding steroid dienone is 5. The molecule has 1 aliphatic carbocycles. The van der Waals surface area contributed by atoms with Gasteiger partial charge in [0.1, 0.15) is 0 Å². The van der Waals surface area contributed by atoms with E-state index < -0.39 is 0 Å². The standard InChI is InChI=1S/C29H25.2ClH.Hf/c1-19(2)17-21-10-6-12-23(20(21)3)25-13-7-15-27(25)28-16-8-14-26-24-11-5-4-9-22(24)18-29(26)28;;;/h4-18,27H,1-3H3;2*1H;/q-1;;;/p-2. The van der Waals surface area contributed by atoms with Gasteiger partial charge in [0.05, 0.1) is 0 Å². The molecule has 0 heterocycles. The maximum atomic E-state index is 2.36. The number of hydrogen-bond donors (Lipinski definition) is 0. The zero-order valence-electron chi connectivity index (χ0n) is 18.5. The molecular formula is C29H25Cl2Hf-3. The molecule has 0 radical (unpaired) electrons. The summed E-state index contributed by atoms with van der Waals surface area (Å²) in [5.74, 6) is 0.288. The van der Waals surface area contributed by atoms with Crippen LogP contribution in [0.15, 0.2) is 90.5 Å². The second kappa shape index (κ2) is 10.9. The third-order valence-corrected chi connectivity index (χ3v) is 6.07. The normalized spacial score (nSPS) is 14.3. The van der Waals surface area contributed by atoms with Gasteiger partial charge in [-0.2, -0.15) is 0 Å². The number of halogens is 2. The van der Waals surface area contributed by atoms with E-state index in [0.29, 0.717) is 0 Å². The average molecular weight is 623 g/mol. The Hall–Kier alpha value is -1.80. The van der Waals surface area contributed by atoms with Crippen LogP contribution in [0.1, 0.15) is 42.0 Å². The van der Waals surface area contributed by atoms with Crippen molar-refractivity contribution in [2.45, 2.75) is 26.7 Å². The molecule has 0 saturated heterocycles. The molecule has 0 N–H and O–H groups in total. The number of benzene rings is 3. The maximum absolute atomic E-state index is 2.36. The van der Waals surface area contributed by atoms with Gasteiger partial charge < -0.3 is 24.8 Å². The molecule has 0 saturated carbocycles. The van der Waals surface area contributed by atoms with E-state index in [1.807, 2.05) is 0 Å². The van der Waals surface area contributed by atoms with E-state index in [4.69, 9.17) is 0 Å². The van der Waals surface area contributed by atoms with Gasteiger partial charge in [0.2, 0.25) is 0 Å². The Kier molecular flexibility index (Phi) is 8.99. The van der Waals surface area contributed by atoms with Crippen molar-refractivity contribution >= 4 is 33.2 Å². The summed E-state index contributed by atoms with van der Waals surface area (Å²) < 4.78 is 0. The predicted molar refractivity (Wildman–Crippen MR) is 127 cm³/mol. The van der Waals surface area contributed by atoms with Crippen LogP contribution in [-0.4, -0.2) is 0 Å². The van der Waals surface area contributed by atoms with Gasteiger partial charge in [-0.05, 0) is 43.0 Å². The van der Waals surface area contributed by atoms with E-state index in [1.54, 1.807) is 0 Å². The molecule has 0 bridgehead atoms. The molecule has 0 amide bonds. The van der Waals surface area contributed by atoms with Gasteiger partial charge in [-0.15, -0.1) is 33.7 Å². The third-order valence-electron chi connectivity index (χ3n) is 6.07. The van der Waals surface area contributed by atoms with Crippen LogP contribution in [0.2, 0.25) is 0 Å². The van der Waals surface area contributed by atoms with Crippen LogP contribution in [0.3, 0.4) is 0 Å². The first-order valence-electron chi connectivity index (χ1n) is 10.3. The second-order valence-corrected chi connectivity index (χ2v) is 8.27. The summed E-state index contributed by atoms with van der Waals surface area (Å²) in [5.41, 5.74) is 8.13. The van der Waals surface area contributed by atoms with Crippen molar-refractivity contribution in [3.8, 4) is 0 Å². The summed E-state index contributed by atoms with van der Waals surface area (Å²) >= 11 is 0. The molecule has 0 aliphatic heterocycles. The summed E-state index contributed by atoms with van der Waals surface area (Å²) in [7, 11) is 0.